The zero-order valence-electron chi connectivity index (χ0n) is 9.78. The number of methoxy groups -OCH3 is 1. The van der Waals surface area contributed by atoms with Crippen LogP contribution in [0.15, 0.2) is 0 Å². The summed E-state index contributed by atoms with van der Waals surface area (Å²) in [6, 6.07) is 0.517. The van der Waals surface area contributed by atoms with E-state index < -0.39 is 0 Å². The maximum Gasteiger partial charge on any atom is 0.248 e. The van der Waals surface area contributed by atoms with Gasteiger partial charge in [-0.3, -0.25) is 4.79 Å². The zero-order valence-corrected chi connectivity index (χ0v) is 9.78. The molecule has 0 bridgehead atoms. The summed E-state index contributed by atoms with van der Waals surface area (Å²) < 4.78 is 10.1. The molecule has 16 heavy (non-hydrogen) atoms. The van der Waals surface area contributed by atoms with E-state index in [2.05, 4.69) is 5.32 Å². The van der Waals surface area contributed by atoms with Crippen molar-refractivity contribution in [3.05, 3.63) is 0 Å². The van der Waals surface area contributed by atoms with Crippen molar-refractivity contribution in [1.82, 2.24) is 10.2 Å². The summed E-state index contributed by atoms with van der Waals surface area (Å²) in [7, 11) is 1.62. The Morgan fingerprint density at radius 3 is 3.06 bits per heavy atom. The van der Waals surface area contributed by atoms with Crippen LogP contribution in [0.5, 0.6) is 0 Å². The van der Waals surface area contributed by atoms with Gasteiger partial charge < -0.3 is 19.7 Å². The molecule has 2 saturated heterocycles. The molecule has 5 nitrogen and oxygen atoms in total. The van der Waals surface area contributed by atoms with Crippen LogP contribution in [-0.2, 0) is 14.3 Å². The predicted molar refractivity (Wildman–Crippen MR) is 59.2 cm³/mol. The molecule has 92 valence electrons. The van der Waals surface area contributed by atoms with Crippen LogP contribution in [0, 0.1) is 5.92 Å². The molecular weight excluding hydrogens is 208 g/mol. The second-order valence-electron chi connectivity index (χ2n) is 4.45. The number of nitrogens with one attached hydrogen (secondary N) is 1. The van der Waals surface area contributed by atoms with E-state index in [0.717, 1.165) is 19.6 Å². The van der Waals surface area contributed by atoms with E-state index in [1.165, 1.54) is 6.42 Å². The molecule has 2 aliphatic rings. The van der Waals surface area contributed by atoms with Gasteiger partial charge in [0.25, 0.3) is 0 Å². The molecular formula is C11H20N2O3. The maximum atomic E-state index is 11.8. The number of amides is 1. The van der Waals surface area contributed by atoms with Gasteiger partial charge in [0, 0.05) is 26.2 Å². The number of rotatable bonds is 5. The number of likely N-dealkylation sites (tertiary alicyclic amines) is 1. The molecule has 1 amide bonds. The maximum absolute atomic E-state index is 11.8. The monoisotopic (exact) mass is 228 g/mol. The first-order chi connectivity index (χ1) is 7.81. The number of carbonyl (C=O) groups is 1. The Kier molecular flexibility index (Phi) is 4.15. The molecule has 0 radical (unpaired) electrons. The summed E-state index contributed by atoms with van der Waals surface area (Å²) in [5, 5.41) is 3.43. The fraction of sp³-hybridized carbons (Fsp3) is 0.909. The topological polar surface area (TPSA) is 50.8 Å². The molecule has 0 saturated carbocycles. The summed E-state index contributed by atoms with van der Waals surface area (Å²) in [5.74, 6) is 0.759. The van der Waals surface area contributed by atoms with Gasteiger partial charge >= 0.3 is 0 Å². The number of nitrogens with zero attached hydrogens (tertiary/aromatic N) is 1. The van der Waals surface area contributed by atoms with Crippen LogP contribution in [0.2, 0.25) is 0 Å². The van der Waals surface area contributed by atoms with E-state index in [1.807, 2.05) is 4.90 Å². The van der Waals surface area contributed by atoms with E-state index in [4.69, 9.17) is 9.47 Å². The molecule has 0 aromatic heterocycles. The minimum atomic E-state index is 0.104. The first-order valence-electron chi connectivity index (χ1n) is 5.89. The van der Waals surface area contributed by atoms with Crippen LogP contribution >= 0.6 is 0 Å². The lowest BCUT2D eigenvalue weighted by Crippen LogP contribution is -2.36. The minimum absolute atomic E-state index is 0.104. The van der Waals surface area contributed by atoms with Crippen molar-refractivity contribution in [3.8, 4) is 0 Å². The number of hydrogen-bond acceptors (Lipinski definition) is 4. The second kappa shape index (κ2) is 5.61. The molecule has 2 atom stereocenters. The van der Waals surface area contributed by atoms with Crippen LogP contribution in [0.3, 0.4) is 0 Å². The summed E-state index contributed by atoms with van der Waals surface area (Å²) in [5.41, 5.74) is 0. The largest absolute Gasteiger partial charge is 0.382 e. The summed E-state index contributed by atoms with van der Waals surface area (Å²) in [4.78, 5) is 13.7. The number of ether oxygens (including phenoxy) is 2. The molecule has 2 rings (SSSR count). The van der Waals surface area contributed by atoms with Gasteiger partial charge in [0.15, 0.2) is 0 Å². The van der Waals surface area contributed by atoms with Gasteiger partial charge in [-0.2, -0.15) is 0 Å². The molecule has 1 N–H and O–H groups in total. The first-order valence-corrected chi connectivity index (χ1v) is 5.89. The third-order valence-electron chi connectivity index (χ3n) is 3.37. The quantitative estimate of drug-likeness (QED) is 0.643. The van der Waals surface area contributed by atoms with Gasteiger partial charge in [-0.05, 0) is 18.9 Å². The number of carbonyl (C=O) groups excluding carboxylic acids is 1. The van der Waals surface area contributed by atoms with Gasteiger partial charge in [-0.25, -0.2) is 0 Å². The predicted octanol–water partition coefficient (Wildman–Crippen LogP) is -0.530. The Labute approximate surface area is 96.1 Å². The van der Waals surface area contributed by atoms with Crippen LogP contribution in [0.1, 0.15) is 6.42 Å². The van der Waals surface area contributed by atoms with Crippen molar-refractivity contribution in [2.75, 3.05) is 46.6 Å². The Balaban J connectivity index is 1.66. The van der Waals surface area contributed by atoms with Crippen molar-refractivity contribution in [3.63, 3.8) is 0 Å². The zero-order chi connectivity index (χ0) is 11.4. The highest BCUT2D eigenvalue weighted by Crippen LogP contribution is 2.24. The highest BCUT2D eigenvalue weighted by atomic mass is 16.5. The Hall–Kier alpha value is -0.650. The molecule has 2 fully saturated rings. The van der Waals surface area contributed by atoms with Crippen LogP contribution in [0.25, 0.3) is 0 Å². The Bertz CT molecular complexity index is 235. The third-order valence-corrected chi connectivity index (χ3v) is 3.37. The van der Waals surface area contributed by atoms with E-state index in [9.17, 15) is 4.79 Å². The average Bonchev–Trinajstić information content (AvgIpc) is 2.83. The van der Waals surface area contributed by atoms with Crippen molar-refractivity contribution < 1.29 is 14.3 Å². The molecule has 5 heteroatoms. The minimum Gasteiger partial charge on any atom is -0.382 e. The van der Waals surface area contributed by atoms with Crippen molar-refractivity contribution >= 4 is 5.91 Å². The Morgan fingerprint density at radius 2 is 2.31 bits per heavy atom. The molecule has 2 heterocycles. The molecule has 0 aromatic rings. The smallest absolute Gasteiger partial charge is 0.248 e. The van der Waals surface area contributed by atoms with Gasteiger partial charge in [-0.1, -0.05) is 0 Å². The normalized spacial score (nSPS) is 28.4. The molecule has 2 aliphatic heterocycles. The summed E-state index contributed by atoms with van der Waals surface area (Å²) in [6.07, 6.45) is 1.19. The highest BCUT2D eigenvalue weighted by Gasteiger charge is 2.37. The van der Waals surface area contributed by atoms with E-state index in [0.29, 0.717) is 25.2 Å². The third kappa shape index (κ3) is 2.72. The number of fused-ring (bicyclic) bond motifs is 1. The van der Waals surface area contributed by atoms with Gasteiger partial charge in [-0.15, -0.1) is 0 Å². The molecule has 0 aliphatic carbocycles. The van der Waals surface area contributed by atoms with E-state index >= 15 is 0 Å². The second-order valence-corrected chi connectivity index (χ2v) is 4.45. The van der Waals surface area contributed by atoms with Crippen molar-refractivity contribution in [1.29, 1.82) is 0 Å². The lowest BCUT2D eigenvalue weighted by Gasteiger charge is -2.17. The van der Waals surface area contributed by atoms with Crippen LogP contribution < -0.4 is 5.32 Å². The summed E-state index contributed by atoms with van der Waals surface area (Å²) in [6.45, 7) is 4.05. The standard InChI is InChI=1S/C11H20N2O3/c1-15-4-5-16-8-11(14)13-6-9-2-3-12-10(9)7-13/h9-10,12H,2-8H2,1H3/t9-,10+/m0/s1. The van der Waals surface area contributed by atoms with Crippen molar-refractivity contribution in [2.45, 2.75) is 12.5 Å². The van der Waals surface area contributed by atoms with Gasteiger partial charge in [0.2, 0.25) is 5.91 Å². The van der Waals surface area contributed by atoms with Crippen molar-refractivity contribution in [2.24, 2.45) is 5.92 Å². The molecule has 0 aromatic carbocycles. The Morgan fingerprint density at radius 1 is 1.44 bits per heavy atom. The van der Waals surface area contributed by atoms with Gasteiger partial charge in [0.05, 0.1) is 13.2 Å². The van der Waals surface area contributed by atoms with Crippen LogP contribution in [0.4, 0.5) is 0 Å². The first kappa shape index (κ1) is 11.8. The van der Waals surface area contributed by atoms with Gasteiger partial charge in [0.1, 0.15) is 6.61 Å². The summed E-state index contributed by atoms with van der Waals surface area (Å²) >= 11 is 0. The highest BCUT2D eigenvalue weighted by molar-refractivity contribution is 5.77. The molecule has 0 unspecified atom stereocenters. The lowest BCUT2D eigenvalue weighted by atomic mass is 10.1. The van der Waals surface area contributed by atoms with E-state index in [1.54, 1.807) is 7.11 Å². The average molecular weight is 228 g/mol. The fourth-order valence-electron chi connectivity index (χ4n) is 2.45. The number of hydrogen-bond donors (Lipinski definition) is 1. The van der Waals surface area contributed by atoms with Crippen LogP contribution in [-0.4, -0.2) is 63.4 Å². The SMILES string of the molecule is COCCOCC(=O)N1C[C@@H]2CCN[C@@H]2C1. The lowest BCUT2D eigenvalue weighted by molar-refractivity contribution is -0.135. The van der Waals surface area contributed by atoms with E-state index in [-0.39, 0.29) is 12.5 Å². The fourth-order valence-corrected chi connectivity index (χ4v) is 2.45. The molecule has 0 spiro atoms.